The number of amides is 2. The summed E-state index contributed by atoms with van der Waals surface area (Å²) in [5.41, 5.74) is 0.909. The molecule has 1 heterocycles. The first-order valence-corrected chi connectivity index (χ1v) is 8.03. The Morgan fingerprint density at radius 3 is 2.46 bits per heavy atom. The number of carbonyl (C=O) groups excluding carboxylic acids is 2. The van der Waals surface area contributed by atoms with Gasteiger partial charge in [0.15, 0.2) is 0 Å². The summed E-state index contributed by atoms with van der Waals surface area (Å²) in [6.07, 6.45) is 0.342. The molecule has 0 spiro atoms. The topological polar surface area (TPSA) is 58.2 Å². The predicted octanol–water partition coefficient (Wildman–Crippen LogP) is 3.65. The van der Waals surface area contributed by atoms with E-state index in [1.807, 2.05) is 13.8 Å². The van der Waals surface area contributed by atoms with Crippen molar-refractivity contribution in [2.24, 2.45) is 0 Å². The van der Waals surface area contributed by atoms with E-state index in [2.05, 4.69) is 10.6 Å². The van der Waals surface area contributed by atoms with Gasteiger partial charge in [-0.15, -0.1) is 0 Å². The van der Waals surface area contributed by atoms with E-state index < -0.39 is 35.5 Å². The molecule has 0 saturated heterocycles. The van der Waals surface area contributed by atoms with Crippen molar-refractivity contribution in [2.45, 2.75) is 32.2 Å². The molecule has 0 atom stereocenters. The number of anilines is 1. The van der Waals surface area contributed by atoms with E-state index in [0.29, 0.717) is 24.2 Å². The van der Waals surface area contributed by atoms with E-state index in [9.17, 15) is 22.8 Å². The van der Waals surface area contributed by atoms with Crippen LogP contribution in [-0.2, 0) is 16.8 Å². The minimum absolute atomic E-state index is 0.143. The van der Waals surface area contributed by atoms with Crippen LogP contribution in [0.15, 0.2) is 30.3 Å². The molecule has 0 bridgehead atoms. The van der Waals surface area contributed by atoms with Crippen LogP contribution < -0.4 is 10.6 Å². The quantitative estimate of drug-likeness (QED) is 0.876. The Morgan fingerprint density at radius 2 is 1.81 bits per heavy atom. The summed E-state index contributed by atoms with van der Waals surface area (Å²) in [5.74, 6) is -3.86. The molecule has 0 aliphatic carbocycles. The highest BCUT2D eigenvalue weighted by Crippen LogP contribution is 2.37. The maximum absolute atomic E-state index is 13.6. The molecular weight excluding hydrogens is 345 g/mol. The van der Waals surface area contributed by atoms with Crippen LogP contribution in [0.1, 0.15) is 41.8 Å². The van der Waals surface area contributed by atoms with Crippen LogP contribution in [-0.4, -0.2) is 11.8 Å². The number of hydrogen-bond donors (Lipinski definition) is 2. The Morgan fingerprint density at radius 1 is 1.15 bits per heavy atom. The molecule has 136 valence electrons. The van der Waals surface area contributed by atoms with E-state index in [-0.39, 0.29) is 16.9 Å². The van der Waals surface area contributed by atoms with Gasteiger partial charge in [0, 0.05) is 47.3 Å². The van der Waals surface area contributed by atoms with Crippen LogP contribution in [0.5, 0.6) is 0 Å². The van der Waals surface area contributed by atoms with E-state index in [4.69, 9.17) is 0 Å². The third-order valence-electron chi connectivity index (χ3n) is 4.42. The minimum Gasteiger partial charge on any atom is -0.348 e. The molecule has 0 radical (unpaired) electrons. The van der Waals surface area contributed by atoms with Crippen molar-refractivity contribution in [2.75, 3.05) is 5.32 Å². The van der Waals surface area contributed by atoms with Gasteiger partial charge in [-0.25, -0.2) is 13.2 Å². The molecular formula is C19H17F3N2O2. The van der Waals surface area contributed by atoms with Crippen LogP contribution in [0, 0.1) is 17.5 Å². The maximum atomic E-state index is 13.6. The Kier molecular flexibility index (Phi) is 4.48. The first-order chi connectivity index (χ1) is 12.2. The number of hydrogen-bond acceptors (Lipinski definition) is 2. The molecule has 0 unspecified atom stereocenters. The predicted molar refractivity (Wildman–Crippen MR) is 90.2 cm³/mol. The molecule has 0 aromatic heterocycles. The highest BCUT2D eigenvalue weighted by atomic mass is 19.1. The van der Waals surface area contributed by atoms with Crippen LogP contribution in [0.3, 0.4) is 0 Å². The summed E-state index contributed by atoms with van der Waals surface area (Å²) in [6, 6.07) is 5.98. The molecule has 2 aromatic carbocycles. The Balaban J connectivity index is 1.80. The van der Waals surface area contributed by atoms with Crippen molar-refractivity contribution in [3.05, 3.63) is 64.5 Å². The molecule has 3 rings (SSSR count). The van der Waals surface area contributed by atoms with E-state index in [0.717, 1.165) is 5.56 Å². The zero-order valence-corrected chi connectivity index (χ0v) is 14.3. The number of halogens is 3. The Hall–Kier alpha value is -2.83. The number of nitrogens with one attached hydrogen (secondary N) is 2. The minimum atomic E-state index is -1.07. The van der Waals surface area contributed by atoms with Gasteiger partial charge >= 0.3 is 0 Å². The zero-order chi connectivity index (χ0) is 19.1. The van der Waals surface area contributed by atoms with Gasteiger partial charge in [0.2, 0.25) is 5.91 Å². The molecule has 4 nitrogen and oxygen atoms in total. The fourth-order valence-corrected chi connectivity index (χ4v) is 3.08. The second kappa shape index (κ2) is 6.48. The summed E-state index contributed by atoms with van der Waals surface area (Å²) in [7, 11) is 0. The summed E-state index contributed by atoms with van der Waals surface area (Å²) in [6.45, 7) is 3.44. The van der Waals surface area contributed by atoms with Crippen molar-refractivity contribution in [1.29, 1.82) is 0 Å². The van der Waals surface area contributed by atoms with E-state index in [1.165, 1.54) is 6.07 Å². The first-order valence-electron chi connectivity index (χ1n) is 8.03. The number of rotatable bonds is 3. The number of carbonyl (C=O) groups is 2. The molecule has 1 aliphatic heterocycles. The molecule has 26 heavy (non-hydrogen) atoms. The van der Waals surface area contributed by atoms with E-state index in [1.54, 1.807) is 12.1 Å². The second-order valence-electron chi connectivity index (χ2n) is 6.90. The first kappa shape index (κ1) is 18.0. The third kappa shape index (κ3) is 3.42. The van der Waals surface area contributed by atoms with Gasteiger partial charge in [0.05, 0.1) is 0 Å². The third-order valence-corrected chi connectivity index (χ3v) is 4.42. The van der Waals surface area contributed by atoms with Crippen LogP contribution in [0.25, 0.3) is 0 Å². The van der Waals surface area contributed by atoms with Gasteiger partial charge in [-0.2, -0.15) is 0 Å². The molecule has 2 N–H and O–H groups in total. The lowest BCUT2D eigenvalue weighted by molar-refractivity contribution is -0.117. The lowest BCUT2D eigenvalue weighted by atomic mass is 9.77. The monoisotopic (exact) mass is 362 g/mol. The van der Waals surface area contributed by atoms with Crippen molar-refractivity contribution in [3.63, 3.8) is 0 Å². The van der Waals surface area contributed by atoms with E-state index >= 15 is 0 Å². The Bertz CT molecular complexity index is 887. The second-order valence-corrected chi connectivity index (χ2v) is 6.90. The molecule has 7 heteroatoms. The normalized spacial score (nSPS) is 15.2. The zero-order valence-electron chi connectivity index (χ0n) is 14.3. The van der Waals surface area contributed by atoms with Crippen LogP contribution in [0.4, 0.5) is 18.9 Å². The van der Waals surface area contributed by atoms with Gasteiger partial charge in [-0.1, -0.05) is 19.9 Å². The average Bonchev–Trinajstić information content (AvgIpc) is 2.52. The summed E-state index contributed by atoms with van der Waals surface area (Å²) in [4.78, 5) is 24.1. The smallest absolute Gasteiger partial charge is 0.251 e. The van der Waals surface area contributed by atoms with Gasteiger partial charge in [0.25, 0.3) is 5.91 Å². The maximum Gasteiger partial charge on any atom is 0.251 e. The van der Waals surface area contributed by atoms with Gasteiger partial charge in [-0.3, -0.25) is 9.59 Å². The molecule has 2 aromatic rings. The fraction of sp³-hybridized carbons (Fsp3) is 0.263. The number of benzene rings is 2. The lowest BCUT2D eigenvalue weighted by Gasteiger charge is -2.32. The molecule has 2 amide bonds. The van der Waals surface area contributed by atoms with Gasteiger partial charge in [0.1, 0.15) is 17.5 Å². The molecule has 0 fully saturated rings. The van der Waals surface area contributed by atoms with Crippen molar-refractivity contribution in [1.82, 2.24) is 5.32 Å². The summed E-state index contributed by atoms with van der Waals surface area (Å²) in [5, 5.41) is 5.13. The number of fused-ring (bicyclic) bond motifs is 1. The van der Waals surface area contributed by atoms with Crippen LogP contribution in [0.2, 0.25) is 0 Å². The molecule has 1 aliphatic rings. The van der Waals surface area contributed by atoms with Gasteiger partial charge in [-0.05, 0) is 17.7 Å². The highest BCUT2D eigenvalue weighted by molar-refractivity contribution is 5.99. The lowest BCUT2D eigenvalue weighted by Crippen LogP contribution is -2.33. The fourth-order valence-electron chi connectivity index (χ4n) is 3.08. The average molecular weight is 362 g/mol. The summed E-state index contributed by atoms with van der Waals surface area (Å²) < 4.78 is 40.2. The largest absolute Gasteiger partial charge is 0.348 e. The summed E-state index contributed by atoms with van der Waals surface area (Å²) >= 11 is 0. The Labute approximate surface area is 148 Å². The van der Waals surface area contributed by atoms with Crippen molar-refractivity contribution < 1.29 is 22.8 Å². The highest BCUT2D eigenvalue weighted by Gasteiger charge is 2.32. The SMILES string of the molecule is CC1(C)CC(=O)Nc2cc(C(=O)NCc3c(F)cc(F)cc3F)ccc21. The standard InChI is InChI=1S/C19H17F3N2O2/c1-19(2)8-17(25)24-16-5-10(3-4-13(16)19)18(26)23-9-12-14(21)6-11(20)7-15(12)22/h3-7H,8-9H2,1-2H3,(H,23,26)(H,24,25). The van der Waals surface area contributed by atoms with Crippen molar-refractivity contribution in [3.8, 4) is 0 Å². The van der Waals surface area contributed by atoms with Crippen LogP contribution >= 0.6 is 0 Å². The van der Waals surface area contributed by atoms with Crippen molar-refractivity contribution >= 4 is 17.5 Å². The van der Waals surface area contributed by atoms with Gasteiger partial charge < -0.3 is 10.6 Å². The molecule has 0 saturated carbocycles.